The van der Waals surface area contributed by atoms with Crippen LogP contribution in [-0.4, -0.2) is 16.3 Å². The van der Waals surface area contributed by atoms with Crippen molar-refractivity contribution in [1.82, 2.24) is 4.57 Å². The Balaban J connectivity index is 2.42. The minimum atomic E-state index is 0.193. The Labute approximate surface area is 83.4 Å². The Hall–Kier alpha value is -1.54. The third-order valence-electron chi connectivity index (χ3n) is 2.26. The van der Waals surface area contributed by atoms with E-state index < -0.39 is 0 Å². The molecule has 2 rings (SSSR count). The van der Waals surface area contributed by atoms with Crippen molar-refractivity contribution in [2.24, 2.45) is 0 Å². The largest absolute Gasteiger partial charge is 0.396 e. The first kappa shape index (κ1) is 9.03. The zero-order valence-corrected chi connectivity index (χ0v) is 7.93. The normalized spacial score (nSPS) is 10.4. The van der Waals surface area contributed by atoms with Crippen molar-refractivity contribution in [3.05, 3.63) is 54.4 Å². The van der Waals surface area contributed by atoms with Gasteiger partial charge in [0.2, 0.25) is 0 Å². The summed E-state index contributed by atoms with van der Waals surface area (Å²) in [6.07, 6.45) is 4.72. The molecule has 2 nitrogen and oxygen atoms in total. The van der Waals surface area contributed by atoms with Gasteiger partial charge in [-0.15, -0.1) is 0 Å². The highest BCUT2D eigenvalue weighted by molar-refractivity contribution is 5.41. The van der Waals surface area contributed by atoms with E-state index >= 15 is 0 Å². The van der Waals surface area contributed by atoms with Gasteiger partial charge in [-0.3, -0.25) is 0 Å². The van der Waals surface area contributed by atoms with Crippen molar-refractivity contribution in [2.75, 3.05) is 6.61 Å². The molecule has 0 amide bonds. The summed E-state index contributed by atoms with van der Waals surface area (Å²) in [4.78, 5) is 0. The van der Waals surface area contributed by atoms with Gasteiger partial charge in [-0.25, -0.2) is 0 Å². The molecule has 1 heterocycles. The maximum absolute atomic E-state index is 8.93. The lowest BCUT2D eigenvalue weighted by Gasteiger charge is -2.08. The van der Waals surface area contributed by atoms with Gasteiger partial charge >= 0.3 is 0 Å². The molecule has 0 bridgehead atoms. The first-order chi connectivity index (χ1) is 6.92. The van der Waals surface area contributed by atoms with E-state index in [0.717, 1.165) is 5.69 Å². The second-order valence-electron chi connectivity index (χ2n) is 3.19. The van der Waals surface area contributed by atoms with Gasteiger partial charge in [0, 0.05) is 24.7 Å². The molecule has 0 unspecified atom stereocenters. The van der Waals surface area contributed by atoms with Crippen LogP contribution >= 0.6 is 0 Å². The Morgan fingerprint density at radius 1 is 1.00 bits per heavy atom. The minimum Gasteiger partial charge on any atom is -0.396 e. The van der Waals surface area contributed by atoms with Gasteiger partial charge in [0.25, 0.3) is 0 Å². The van der Waals surface area contributed by atoms with E-state index in [1.807, 2.05) is 42.7 Å². The van der Waals surface area contributed by atoms with E-state index in [0.29, 0.717) is 6.42 Å². The van der Waals surface area contributed by atoms with Crippen LogP contribution in [0.5, 0.6) is 0 Å². The summed E-state index contributed by atoms with van der Waals surface area (Å²) in [5.74, 6) is 0. The van der Waals surface area contributed by atoms with Gasteiger partial charge in [0.1, 0.15) is 0 Å². The fourth-order valence-electron chi connectivity index (χ4n) is 1.59. The van der Waals surface area contributed by atoms with Crippen LogP contribution in [0, 0.1) is 0 Å². The van der Waals surface area contributed by atoms with E-state index in [2.05, 4.69) is 10.6 Å². The van der Waals surface area contributed by atoms with Crippen molar-refractivity contribution in [2.45, 2.75) is 6.42 Å². The Kier molecular flexibility index (Phi) is 2.65. The number of aliphatic hydroxyl groups is 1. The topological polar surface area (TPSA) is 25.2 Å². The van der Waals surface area contributed by atoms with Crippen molar-refractivity contribution in [3.8, 4) is 5.69 Å². The Morgan fingerprint density at radius 2 is 1.71 bits per heavy atom. The van der Waals surface area contributed by atoms with E-state index in [1.165, 1.54) is 5.56 Å². The average Bonchev–Trinajstić information content (AvgIpc) is 2.72. The fourth-order valence-corrected chi connectivity index (χ4v) is 1.59. The summed E-state index contributed by atoms with van der Waals surface area (Å²) in [5.41, 5.74) is 2.32. The van der Waals surface area contributed by atoms with Crippen LogP contribution in [0.4, 0.5) is 0 Å². The van der Waals surface area contributed by atoms with Crippen LogP contribution in [0.25, 0.3) is 5.69 Å². The van der Waals surface area contributed by atoms with Crippen LogP contribution in [0.3, 0.4) is 0 Å². The number of benzene rings is 1. The van der Waals surface area contributed by atoms with E-state index in [1.54, 1.807) is 0 Å². The molecule has 72 valence electrons. The summed E-state index contributed by atoms with van der Waals surface area (Å²) in [6, 6.07) is 12.1. The van der Waals surface area contributed by atoms with Gasteiger partial charge in [-0.05, 0) is 30.2 Å². The highest BCUT2D eigenvalue weighted by Crippen LogP contribution is 2.14. The van der Waals surface area contributed by atoms with Crippen molar-refractivity contribution < 1.29 is 5.11 Å². The monoisotopic (exact) mass is 187 g/mol. The zero-order chi connectivity index (χ0) is 9.80. The van der Waals surface area contributed by atoms with Gasteiger partial charge < -0.3 is 9.67 Å². The van der Waals surface area contributed by atoms with Crippen LogP contribution in [0.15, 0.2) is 48.8 Å². The Morgan fingerprint density at radius 3 is 2.43 bits per heavy atom. The molecular weight excluding hydrogens is 174 g/mol. The van der Waals surface area contributed by atoms with Gasteiger partial charge in [0.05, 0.1) is 0 Å². The van der Waals surface area contributed by atoms with Crippen LogP contribution in [-0.2, 0) is 6.42 Å². The maximum atomic E-state index is 8.93. The average molecular weight is 187 g/mol. The number of hydrogen-bond donors (Lipinski definition) is 1. The Bertz CT molecular complexity index is 392. The molecule has 1 N–H and O–H groups in total. The molecule has 14 heavy (non-hydrogen) atoms. The summed E-state index contributed by atoms with van der Waals surface area (Å²) < 4.78 is 2.06. The summed E-state index contributed by atoms with van der Waals surface area (Å²) in [5, 5.41) is 8.93. The zero-order valence-electron chi connectivity index (χ0n) is 7.93. The third kappa shape index (κ3) is 1.70. The molecule has 1 aromatic carbocycles. The SMILES string of the molecule is OCCc1ccccc1-n1cccc1. The first-order valence-corrected chi connectivity index (χ1v) is 4.74. The number of aromatic nitrogens is 1. The molecule has 0 fully saturated rings. The molecule has 0 aliphatic rings. The second-order valence-corrected chi connectivity index (χ2v) is 3.19. The standard InChI is InChI=1S/C12H13NO/c14-10-7-11-5-1-2-6-12(11)13-8-3-4-9-13/h1-6,8-9,14H,7,10H2. The van der Waals surface area contributed by atoms with Crippen molar-refractivity contribution in [3.63, 3.8) is 0 Å². The number of aliphatic hydroxyl groups excluding tert-OH is 1. The lowest BCUT2D eigenvalue weighted by Crippen LogP contribution is -1.99. The predicted molar refractivity (Wildman–Crippen MR) is 56.6 cm³/mol. The minimum absolute atomic E-state index is 0.193. The van der Waals surface area contributed by atoms with Crippen molar-refractivity contribution in [1.29, 1.82) is 0 Å². The molecule has 0 radical (unpaired) electrons. The molecular formula is C12H13NO. The van der Waals surface area contributed by atoms with E-state index in [9.17, 15) is 0 Å². The molecule has 2 heteroatoms. The third-order valence-corrected chi connectivity index (χ3v) is 2.26. The number of nitrogens with zero attached hydrogens (tertiary/aromatic N) is 1. The second kappa shape index (κ2) is 4.11. The van der Waals surface area contributed by atoms with Gasteiger partial charge in [-0.1, -0.05) is 18.2 Å². The number of rotatable bonds is 3. The lowest BCUT2D eigenvalue weighted by atomic mass is 10.1. The summed E-state index contributed by atoms with van der Waals surface area (Å²) in [7, 11) is 0. The molecule has 0 aliphatic carbocycles. The molecule has 0 saturated carbocycles. The van der Waals surface area contributed by atoms with E-state index in [4.69, 9.17) is 5.11 Å². The highest BCUT2D eigenvalue weighted by atomic mass is 16.2. The van der Waals surface area contributed by atoms with Crippen LogP contribution < -0.4 is 0 Å². The molecule has 1 aromatic heterocycles. The highest BCUT2D eigenvalue weighted by Gasteiger charge is 2.01. The van der Waals surface area contributed by atoms with Crippen molar-refractivity contribution >= 4 is 0 Å². The molecule has 0 spiro atoms. The van der Waals surface area contributed by atoms with Gasteiger partial charge in [-0.2, -0.15) is 0 Å². The summed E-state index contributed by atoms with van der Waals surface area (Å²) in [6.45, 7) is 0.193. The van der Waals surface area contributed by atoms with Crippen LogP contribution in [0.2, 0.25) is 0 Å². The van der Waals surface area contributed by atoms with Crippen LogP contribution in [0.1, 0.15) is 5.56 Å². The van der Waals surface area contributed by atoms with Gasteiger partial charge in [0.15, 0.2) is 0 Å². The molecule has 0 atom stereocenters. The predicted octanol–water partition coefficient (Wildman–Crippen LogP) is 2.01. The summed E-state index contributed by atoms with van der Waals surface area (Å²) >= 11 is 0. The fraction of sp³-hybridized carbons (Fsp3) is 0.167. The smallest absolute Gasteiger partial charge is 0.0482 e. The number of hydrogen-bond acceptors (Lipinski definition) is 1. The molecule has 0 saturated heterocycles. The quantitative estimate of drug-likeness (QED) is 0.781. The number of para-hydroxylation sites is 1. The first-order valence-electron chi connectivity index (χ1n) is 4.74. The van der Waals surface area contributed by atoms with E-state index in [-0.39, 0.29) is 6.61 Å². The lowest BCUT2D eigenvalue weighted by molar-refractivity contribution is 0.299. The molecule has 2 aromatic rings. The molecule has 0 aliphatic heterocycles. The maximum Gasteiger partial charge on any atom is 0.0482 e.